The third kappa shape index (κ3) is 3.70. The summed E-state index contributed by atoms with van der Waals surface area (Å²) in [5, 5.41) is 6.35. The van der Waals surface area contributed by atoms with Crippen LogP contribution in [0.2, 0.25) is 0 Å². The summed E-state index contributed by atoms with van der Waals surface area (Å²) in [6.07, 6.45) is 2.05. The number of ether oxygens (including phenoxy) is 1. The zero-order valence-corrected chi connectivity index (χ0v) is 11.6. The van der Waals surface area contributed by atoms with Crippen LogP contribution < -0.4 is 15.4 Å². The largest absolute Gasteiger partial charge is 0.497 e. The van der Waals surface area contributed by atoms with Crippen molar-refractivity contribution in [3.63, 3.8) is 0 Å². The van der Waals surface area contributed by atoms with E-state index < -0.39 is 0 Å². The van der Waals surface area contributed by atoms with Crippen molar-refractivity contribution in [3.05, 3.63) is 29.8 Å². The van der Waals surface area contributed by atoms with Gasteiger partial charge in [-0.25, -0.2) is 0 Å². The Balaban J connectivity index is 1.95. The standard InChI is InChI=1S/C15H22N2O2/c1-11(12-5-3-7-14(9-12)19-2)17-15(18)13-6-4-8-16-10-13/h3,5,7,9,11,13,16H,4,6,8,10H2,1-2H3,(H,17,18)/t11-,13+/m0/s1. The molecule has 1 aromatic rings. The highest BCUT2D eigenvalue weighted by Gasteiger charge is 2.22. The lowest BCUT2D eigenvalue weighted by atomic mass is 9.98. The van der Waals surface area contributed by atoms with Crippen LogP contribution in [0.15, 0.2) is 24.3 Å². The van der Waals surface area contributed by atoms with Crippen molar-refractivity contribution in [1.82, 2.24) is 10.6 Å². The van der Waals surface area contributed by atoms with E-state index in [9.17, 15) is 4.79 Å². The Hall–Kier alpha value is -1.55. The van der Waals surface area contributed by atoms with Gasteiger partial charge in [-0.05, 0) is 44.0 Å². The molecule has 104 valence electrons. The molecular formula is C15H22N2O2. The van der Waals surface area contributed by atoms with Gasteiger partial charge in [0.2, 0.25) is 5.91 Å². The fourth-order valence-electron chi connectivity index (χ4n) is 2.40. The summed E-state index contributed by atoms with van der Waals surface area (Å²) in [7, 11) is 1.65. The van der Waals surface area contributed by atoms with Gasteiger partial charge >= 0.3 is 0 Å². The topological polar surface area (TPSA) is 50.4 Å². The Morgan fingerprint density at radius 1 is 1.53 bits per heavy atom. The van der Waals surface area contributed by atoms with Crippen LogP contribution in [0, 0.1) is 5.92 Å². The third-order valence-electron chi connectivity index (χ3n) is 3.62. The molecule has 1 heterocycles. The second kappa shape index (κ2) is 6.57. The van der Waals surface area contributed by atoms with Gasteiger partial charge in [-0.2, -0.15) is 0 Å². The van der Waals surface area contributed by atoms with E-state index in [1.165, 1.54) is 0 Å². The molecule has 4 nitrogen and oxygen atoms in total. The maximum Gasteiger partial charge on any atom is 0.224 e. The summed E-state index contributed by atoms with van der Waals surface area (Å²) in [6.45, 7) is 3.81. The lowest BCUT2D eigenvalue weighted by Crippen LogP contribution is -2.41. The molecule has 4 heteroatoms. The van der Waals surface area contributed by atoms with Crippen LogP contribution in [-0.2, 0) is 4.79 Å². The Morgan fingerprint density at radius 3 is 3.05 bits per heavy atom. The summed E-state index contributed by atoms with van der Waals surface area (Å²) < 4.78 is 5.20. The molecule has 2 atom stereocenters. The minimum atomic E-state index is 0.00419. The van der Waals surface area contributed by atoms with Crippen molar-refractivity contribution >= 4 is 5.91 Å². The number of hydrogen-bond donors (Lipinski definition) is 2. The van der Waals surface area contributed by atoms with Gasteiger partial charge in [0.15, 0.2) is 0 Å². The Morgan fingerprint density at radius 2 is 2.37 bits per heavy atom. The molecule has 0 spiro atoms. The Labute approximate surface area is 114 Å². The van der Waals surface area contributed by atoms with Crippen molar-refractivity contribution in [3.8, 4) is 5.75 Å². The van der Waals surface area contributed by atoms with Gasteiger partial charge in [-0.15, -0.1) is 0 Å². The molecule has 0 bridgehead atoms. The van der Waals surface area contributed by atoms with Crippen molar-refractivity contribution in [2.24, 2.45) is 5.92 Å². The Bertz CT molecular complexity index is 428. The SMILES string of the molecule is COc1cccc([C@H](C)NC(=O)[C@@H]2CCCNC2)c1. The van der Waals surface area contributed by atoms with Crippen LogP contribution in [0.3, 0.4) is 0 Å². The molecule has 2 N–H and O–H groups in total. The minimum absolute atomic E-state index is 0.00419. The summed E-state index contributed by atoms with van der Waals surface area (Å²) in [4.78, 5) is 12.2. The first kappa shape index (κ1) is 13.9. The normalized spacial score (nSPS) is 20.6. The molecular weight excluding hydrogens is 240 g/mol. The molecule has 0 aromatic heterocycles. The average Bonchev–Trinajstić information content (AvgIpc) is 2.48. The van der Waals surface area contributed by atoms with Gasteiger partial charge in [0.1, 0.15) is 5.75 Å². The molecule has 0 radical (unpaired) electrons. The summed E-state index contributed by atoms with van der Waals surface area (Å²) in [5.41, 5.74) is 1.07. The molecule has 2 rings (SSSR count). The first-order valence-electron chi connectivity index (χ1n) is 6.85. The highest BCUT2D eigenvalue weighted by Crippen LogP contribution is 2.20. The van der Waals surface area contributed by atoms with Crippen molar-refractivity contribution in [1.29, 1.82) is 0 Å². The first-order valence-corrected chi connectivity index (χ1v) is 6.85. The number of methoxy groups -OCH3 is 1. The van der Waals surface area contributed by atoms with Gasteiger partial charge in [-0.3, -0.25) is 4.79 Å². The van der Waals surface area contributed by atoms with E-state index in [1.807, 2.05) is 31.2 Å². The second-order valence-corrected chi connectivity index (χ2v) is 5.05. The van der Waals surface area contributed by atoms with Crippen LogP contribution in [-0.4, -0.2) is 26.1 Å². The highest BCUT2D eigenvalue weighted by molar-refractivity contribution is 5.79. The Kier molecular flexibility index (Phi) is 4.80. The average molecular weight is 262 g/mol. The number of amides is 1. The second-order valence-electron chi connectivity index (χ2n) is 5.05. The fraction of sp³-hybridized carbons (Fsp3) is 0.533. The molecule has 1 fully saturated rings. The van der Waals surface area contributed by atoms with E-state index in [2.05, 4.69) is 10.6 Å². The van der Waals surface area contributed by atoms with E-state index in [4.69, 9.17) is 4.74 Å². The maximum atomic E-state index is 12.2. The molecule has 1 aliphatic rings. The van der Waals surface area contributed by atoms with Gasteiger partial charge in [0.25, 0.3) is 0 Å². The molecule has 19 heavy (non-hydrogen) atoms. The third-order valence-corrected chi connectivity index (χ3v) is 3.62. The van der Waals surface area contributed by atoms with Crippen LogP contribution in [0.25, 0.3) is 0 Å². The monoisotopic (exact) mass is 262 g/mol. The lowest BCUT2D eigenvalue weighted by Gasteiger charge is -2.24. The minimum Gasteiger partial charge on any atom is -0.497 e. The molecule has 0 saturated carbocycles. The van der Waals surface area contributed by atoms with Crippen LogP contribution in [0.5, 0.6) is 5.75 Å². The molecule has 1 amide bonds. The number of piperidine rings is 1. The number of carbonyl (C=O) groups is 1. The highest BCUT2D eigenvalue weighted by atomic mass is 16.5. The predicted octanol–water partition coefficient (Wildman–Crippen LogP) is 1.87. The predicted molar refractivity (Wildman–Crippen MR) is 75.1 cm³/mol. The van der Waals surface area contributed by atoms with E-state index >= 15 is 0 Å². The molecule has 0 aliphatic carbocycles. The van der Waals surface area contributed by atoms with Gasteiger partial charge in [-0.1, -0.05) is 12.1 Å². The van der Waals surface area contributed by atoms with Crippen LogP contribution in [0.1, 0.15) is 31.4 Å². The summed E-state index contributed by atoms with van der Waals surface area (Å²) >= 11 is 0. The number of nitrogens with one attached hydrogen (secondary N) is 2. The number of benzene rings is 1. The number of rotatable bonds is 4. The quantitative estimate of drug-likeness (QED) is 0.871. The number of hydrogen-bond acceptors (Lipinski definition) is 3. The molecule has 0 unspecified atom stereocenters. The zero-order valence-electron chi connectivity index (χ0n) is 11.6. The van der Waals surface area contributed by atoms with E-state index in [-0.39, 0.29) is 17.9 Å². The zero-order chi connectivity index (χ0) is 13.7. The smallest absolute Gasteiger partial charge is 0.224 e. The first-order chi connectivity index (χ1) is 9.20. The molecule has 1 aliphatic heterocycles. The summed E-state index contributed by atoms with van der Waals surface area (Å²) in [6, 6.07) is 7.82. The lowest BCUT2D eigenvalue weighted by molar-refractivity contribution is -0.126. The van der Waals surface area contributed by atoms with Gasteiger partial charge < -0.3 is 15.4 Å². The van der Waals surface area contributed by atoms with E-state index in [1.54, 1.807) is 7.11 Å². The molecule has 1 saturated heterocycles. The van der Waals surface area contributed by atoms with E-state index in [0.717, 1.165) is 37.2 Å². The van der Waals surface area contributed by atoms with Crippen LogP contribution in [0.4, 0.5) is 0 Å². The van der Waals surface area contributed by atoms with Crippen molar-refractivity contribution < 1.29 is 9.53 Å². The van der Waals surface area contributed by atoms with E-state index in [0.29, 0.717) is 0 Å². The number of carbonyl (C=O) groups excluding carboxylic acids is 1. The molecule has 1 aromatic carbocycles. The van der Waals surface area contributed by atoms with Crippen molar-refractivity contribution in [2.45, 2.75) is 25.8 Å². The van der Waals surface area contributed by atoms with Crippen LogP contribution >= 0.6 is 0 Å². The van der Waals surface area contributed by atoms with Gasteiger partial charge in [0.05, 0.1) is 19.1 Å². The van der Waals surface area contributed by atoms with Crippen molar-refractivity contribution in [2.75, 3.05) is 20.2 Å². The van der Waals surface area contributed by atoms with Gasteiger partial charge in [0, 0.05) is 6.54 Å². The summed E-state index contributed by atoms with van der Waals surface area (Å²) in [5.74, 6) is 1.06. The fourth-order valence-corrected chi connectivity index (χ4v) is 2.40. The maximum absolute atomic E-state index is 12.2.